The highest BCUT2D eigenvalue weighted by molar-refractivity contribution is 7.88. The molecule has 0 aliphatic carbocycles. The van der Waals surface area contributed by atoms with E-state index in [1.165, 1.54) is 18.2 Å². The maximum atomic E-state index is 13.0. The molecule has 19 heavy (non-hydrogen) atoms. The average Bonchev–Trinajstić information content (AvgIpc) is 2.76. The topological polar surface area (TPSA) is 37.4 Å². The van der Waals surface area contributed by atoms with Gasteiger partial charge in [0.15, 0.2) is 0 Å². The van der Waals surface area contributed by atoms with Gasteiger partial charge >= 0.3 is 6.18 Å². The normalized spacial score (nSPS) is 21.8. The summed E-state index contributed by atoms with van der Waals surface area (Å²) in [5, 5.41) is 0. The van der Waals surface area contributed by atoms with Crippen LogP contribution in [0.4, 0.5) is 13.2 Å². The minimum Gasteiger partial charge on any atom is -0.212 e. The lowest BCUT2D eigenvalue weighted by Crippen LogP contribution is -2.30. The lowest BCUT2D eigenvalue weighted by atomic mass is 9.99. The van der Waals surface area contributed by atoms with Gasteiger partial charge in [0.2, 0.25) is 10.0 Å². The average molecular weight is 293 g/mol. The second-order valence-corrected chi connectivity index (χ2v) is 6.55. The van der Waals surface area contributed by atoms with Crippen molar-refractivity contribution in [1.29, 1.82) is 0 Å². The molecule has 1 heterocycles. The third-order valence-electron chi connectivity index (χ3n) is 3.25. The van der Waals surface area contributed by atoms with Gasteiger partial charge in [-0.3, -0.25) is 0 Å². The number of halogens is 3. The highest BCUT2D eigenvalue weighted by atomic mass is 32.2. The smallest absolute Gasteiger partial charge is 0.212 e. The van der Waals surface area contributed by atoms with E-state index < -0.39 is 27.8 Å². The van der Waals surface area contributed by atoms with E-state index in [4.69, 9.17) is 0 Å². The molecular formula is C12H14F3NO2S. The summed E-state index contributed by atoms with van der Waals surface area (Å²) >= 11 is 0. The van der Waals surface area contributed by atoms with Gasteiger partial charge in [-0.15, -0.1) is 0 Å². The summed E-state index contributed by atoms with van der Waals surface area (Å²) in [4.78, 5) is 0. The fraction of sp³-hybridized carbons (Fsp3) is 0.500. The first-order valence-corrected chi connectivity index (χ1v) is 7.69. The Labute approximate surface area is 110 Å². The molecule has 0 bridgehead atoms. The monoisotopic (exact) mass is 293 g/mol. The Hall–Kier alpha value is -1.08. The van der Waals surface area contributed by atoms with Crippen molar-refractivity contribution in [2.45, 2.75) is 25.1 Å². The van der Waals surface area contributed by atoms with Crippen LogP contribution in [0.2, 0.25) is 0 Å². The number of hydrogen-bond donors (Lipinski definition) is 0. The predicted molar refractivity (Wildman–Crippen MR) is 65.0 cm³/mol. The zero-order chi connectivity index (χ0) is 14.3. The molecular weight excluding hydrogens is 279 g/mol. The summed E-state index contributed by atoms with van der Waals surface area (Å²) < 4.78 is 63.3. The van der Waals surface area contributed by atoms with E-state index in [-0.39, 0.29) is 12.1 Å². The van der Waals surface area contributed by atoms with Gasteiger partial charge in [-0.2, -0.15) is 17.5 Å². The molecule has 1 fully saturated rings. The summed E-state index contributed by atoms with van der Waals surface area (Å²) in [6, 6.07) is 4.45. The molecule has 3 nitrogen and oxygen atoms in total. The molecule has 1 atom stereocenters. The van der Waals surface area contributed by atoms with E-state index in [0.717, 1.165) is 16.6 Å². The van der Waals surface area contributed by atoms with Gasteiger partial charge in [-0.1, -0.05) is 18.2 Å². The van der Waals surface area contributed by atoms with Crippen molar-refractivity contribution in [3.63, 3.8) is 0 Å². The number of hydrogen-bond acceptors (Lipinski definition) is 2. The second kappa shape index (κ2) is 4.79. The summed E-state index contributed by atoms with van der Waals surface area (Å²) in [7, 11) is -3.50. The van der Waals surface area contributed by atoms with Crippen molar-refractivity contribution in [3.05, 3.63) is 35.4 Å². The Morgan fingerprint density at radius 1 is 1.26 bits per heavy atom. The van der Waals surface area contributed by atoms with E-state index in [1.54, 1.807) is 0 Å². The maximum absolute atomic E-state index is 13.0. The summed E-state index contributed by atoms with van der Waals surface area (Å²) in [5.74, 6) is 0. The van der Waals surface area contributed by atoms with Gasteiger partial charge in [-0.05, 0) is 24.5 Å². The van der Waals surface area contributed by atoms with Crippen LogP contribution in [0.15, 0.2) is 24.3 Å². The van der Waals surface area contributed by atoms with Gasteiger partial charge in [0.05, 0.1) is 17.9 Å². The van der Waals surface area contributed by atoms with Crippen LogP contribution in [0.1, 0.15) is 30.0 Å². The number of benzene rings is 1. The van der Waals surface area contributed by atoms with E-state index in [1.807, 2.05) is 0 Å². The minimum absolute atomic E-state index is 0.0397. The molecule has 0 saturated carbocycles. The van der Waals surface area contributed by atoms with Crippen LogP contribution in [0.5, 0.6) is 0 Å². The first kappa shape index (κ1) is 14.3. The molecule has 0 aromatic heterocycles. The van der Waals surface area contributed by atoms with Crippen molar-refractivity contribution in [2.24, 2.45) is 0 Å². The van der Waals surface area contributed by atoms with Crippen LogP contribution in [0, 0.1) is 0 Å². The third kappa shape index (κ3) is 2.92. The van der Waals surface area contributed by atoms with Crippen molar-refractivity contribution < 1.29 is 21.6 Å². The first-order chi connectivity index (χ1) is 8.71. The zero-order valence-corrected chi connectivity index (χ0v) is 11.1. The fourth-order valence-corrected chi connectivity index (χ4v) is 3.64. The van der Waals surface area contributed by atoms with Gasteiger partial charge in [0, 0.05) is 6.54 Å². The van der Waals surface area contributed by atoms with Gasteiger partial charge < -0.3 is 0 Å². The number of alkyl halides is 3. The fourth-order valence-electron chi connectivity index (χ4n) is 2.49. The quantitative estimate of drug-likeness (QED) is 0.841. The van der Waals surface area contributed by atoms with Crippen molar-refractivity contribution in [2.75, 3.05) is 12.8 Å². The molecule has 1 aromatic rings. The minimum atomic E-state index is -4.47. The Bertz CT molecular complexity index is 569. The van der Waals surface area contributed by atoms with Gasteiger partial charge in [-0.25, -0.2) is 8.42 Å². The van der Waals surface area contributed by atoms with Crippen LogP contribution in [-0.2, 0) is 16.2 Å². The summed E-state index contributed by atoms with van der Waals surface area (Å²) in [6.07, 6.45) is -2.45. The van der Waals surface area contributed by atoms with Crippen LogP contribution < -0.4 is 0 Å². The molecule has 2 rings (SSSR count). The molecule has 0 radical (unpaired) electrons. The van der Waals surface area contributed by atoms with Crippen LogP contribution in [-0.4, -0.2) is 25.5 Å². The van der Waals surface area contributed by atoms with Crippen molar-refractivity contribution >= 4 is 10.0 Å². The Morgan fingerprint density at radius 3 is 2.47 bits per heavy atom. The number of nitrogens with zero attached hydrogens (tertiary/aromatic N) is 1. The van der Waals surface area contributed by atoms with Crippen LogP contribution in [0.3, 0.4) is 0 Å². The van der Waals surface area contributed by atoms with Crippen LogP contribution in [0.25, 0.3) is 0 Å². The van der Waals surface area contributed by atoms with Crippen molar-refractivity contribution in [1.82, 2.24) is 4.31 Å². The molecule has 7 heteroatoms. The standard InChI is InChI=1S/C12H14F3NO2S/c1-19(17,18)16-8-4-7-11(16)9-5-2-3-6-10(9)12(13,14)15/h2-3,5-6,11H,4,7-8H2,1H3/t11-/m0/s1. The Morgan fingerprint density at radius 2 is 1.89 bits per heavy atom. The zero-order valence-electron chi connectivity index (χ0n) is 10.3. The molecule has 106 valence electrons. The molecule has 0 unspecified atom stereocenters. The third-order valence-corrected chi connectivity index (χ3v) is 4.54. The van der Waals surface area contributed by atoms with E-state index in [2.05, 4.69) is 0 Å². The molecule has 1 aromatic carbocycles. The predicted octanol–water partition coefficient (Wildman–Crippen LogP) is 2.80. The number of sulfonamides is 1. The van der Waals surface area contributed by atoms with Gasteiger partial charge in [0.25, 0.3) is 0 Å². The second-order valence-electron chi connectivity index (χ2n) is 4.62. The van der Waals surface area contributed by atoms with E-state index in [0.29, 0.717) is 12.8 Å². The Kier molecular flexibility index (Phi) is 3.61. The van der Waals surface area contributed by atoms with Crippen LogP contribution >= 0.6 is 0 Å². The van der Waals surface area contributed by atoms with Crippen molar-refractivity contribution in [3.8, 4) is 0 Å². The molecule has 0 amide bonds. The highest BCUT2D eigenvalue weighted by Gasteiger charge is 2.39. The lowest BCUT2D eigenvalue weighted by molar-refractivity contribution is -0.138. The first-order valence-electron chi connectivity index (χ1n) is 5.84. The van der Waals surface area contributed by atoms with E-state index in [9.17, 15) is 21.6 Å². The Balaban J connectivity index is 2.48. The molecule has 1 aliphatic heterocycles. The largest absolute Gasteiger partial charge is 0.416 e. The highest BCUT2D eigenvalue weighted by Crippen LogP contribution is 2.40. The lowest BCUT2D eigenvalue weighted by Gasteiger charge is -2.25. The molecule has 1 saturated heterocycles. The molecule has 0 spiro atoms. The summed E-state index contributed by atoms with van der Waals surface area (Å²) in [5.41, 5.74) is -0.714. The molecule has 1 aliphatic rings. The van der Waals surface area contributed by atoms with E-state index >= 15 is 0 Å². The SMILES string of the molecule is CS(=O)(=O)N1CCC[C@H]1c1ccccc1C(F)(F)F. The summed E-state index contributed by atoms with van der Waals surface area (Å²) in [6.45, 7) is 0.274. The number of rotatable bonds is 2. The van der Waals surface area contributed by atoms with Gasteiger partial charge in [0.1, 0.15) is 0 Å². The molecule has 0 N–H and O–H groups in total. The maximum Gasteiger partial charge on any atom is 0.416 e.